The van der Waals surface area contributed by atoms with E-state index in [1.54, 1.807) is 11.1 Å². The highest BCUT2D eigenvalue weighted by Gasteiger charge is 2.29. The summed E-state index contributed by atoms with van der Waals surface area (Å²) in [4.78, 5) is 21.4. The third-order valence-corrected chi connectivity index (χ3v) is 6.01. The number of hydrogen-bond acceptors (Lipinski definition) is 4. The molecule has 1 saturated heterocycles. The number of likely N-dealkylation sites (N-methyl/N-ethyl adjacent to an activating group) is 1. The average molecular weight is 421 g/mol. The van der Waals surface area contributed by atoms with Gasteiger partial charge in [-0.15, -0.1) is 0 Å². The van der Waals surface area contributed by atoms with Gasteiger partial charge in [-0.05, 0) is 37.6 Å². The zero-order chi connectivity index (χ0) is 21.8. The zero-order valence-electron chi connectivity index (χ0n) is 18.7. The lowest BCUT2D eigenvalue weighted by Crippen LogP contribution is -2.50. The van der Waals surface area contributed by atoms with Crippen molar-refractivity contribution in [3.05, 3.63) is 66.1 Å². The molecule has 6 nitrogen and oxygen atoms in total. The van der Waals surface area contributed by atoms with Gasteiger partial charge in [-0.2, -0.15) is 0 Å². The van der Waals surface area contributed by atoms with Crippen LogP contribution in [0.5, 0.6) is 0 Å². The number of amides is 1. The van der Waals surface area contributed by atoms with Crippen molar-refractivity contribution < 1.29 is 9.53 Å². The minimum atomic E-state index is -0.416. The Bertz CT molecular complexity index is 1010. The third kappa shape index (κ3) is 4.97. The van der Waals surface area contributed by atoms with E-state index in [1.165, 1.54) is 16.5 Å². The molecule has 0 unspecified atom stereocenters. The Labute approximate surface area is 184 Å². The molecule has 1 aromatic carbocycles. The first-order valence-corrected chi connectivity index (χ1v) is 11.1. The summed E-state index contributed by atoms with van der Waals surface area (Å²) >= 11 is 0. The molecule has 0 radical (unpaired) electrons. The van der Waals surface area contributed by atoms with Gasteiger partial charge in [0, 0.05) is 74.7 Å². The van der Waals surface area contributed by atoms with Crippen LogP contribution in [0.2, 0.25) is 0 Å². The van der Waals surface area contributed by atoms with Crippen molar-refractivity contribution in [2.24, 2.45) is 0 Å². The van der Waals surface area contributed by atoms with Gasteiger partial charge in [-0.1, -0.05) is 24.3 Å². The first-order valence-electron chi connectivity index (χ1n) is 11.1. The van der Waals surface area contributed by atoms with Crippen molar-refractivity contribution >= 4 is 16.8 Å². The van der Waals surface area contributed by atoms with E-state index in [0.717, 1.165) is 25.2 Å². The number of hydrogen-bond donors (Lipinski definition) is 0. The smallest absolute Gasteiger partial charge is 0.252 e. The quantitative estimate of drug-likeness (QED) is 0.587. The normalized spacial score (nSPS) is 17.4. The number of fused-ring (bicyclic) bond motifs is 1. The van der Waals surface area contributed by atoms with Crippen LogP contribution in [0.4, 0.5) is 0 Å². The fourth-order valence-electron chi connectivity index (χ4n) is 4.25. The van der Waals surface area contributed by atoms with E-state index >= 15 is 0 Å². The molecule has 164 valence electrons. The Kier molecular flexibility index (Phi) is 6.68. The standard InChI is InChI=1S/C25H32N4O2/c1-19(2)29-17-20(22-9-4-5-10-23(22)29)16-28-14-15-31-24(18-28)25(30)27(3)13-11-21-8-6-7-12-26-21/h4-10,12,17,19,24H,11,13-16,18H2,1-3H3/t24-/m0/s1. The number of carbonyl (C=O) groups is 1. The van der Waals surface area contributed by atoms with Gasteiger partial charge >= 0.3 is 0 Å². The van der Waals surface area contributed by atoms with E-state index in [9.17, 15) is 4.79 Å². The first kappa shape index (κ1) is 21.5. The lowest BCUT2D eigenvalue weighted by atomic mass is 10.1. The maximum absolute atomic E-state index is 13.0. The van der Waals surface area contributed by atoms with Gasteiger partial charge in [-0.3, -0.25) is 14.7 Å². The number of rotatable bonds is 7. The van der Waals surface area contributed by atoms with Crippen LogP contribution in [-0.2, 0) is 22.5 Å². The average Bonchev–Trinajstić information content (AvgIpc) is 3.16. The number of ether oxygens (including phenoxy) is 1. The number of para-hydroxylation sites is 1. The van der Waals surface area contributed by atoms with Crippen LogP contribution in [-0.4, -0.2) is 64.7 Å². The molecule has 0 spiro atoms. The Morgan fingerprint density at radius 3 is 2.81 bits per heavy atom. The summed E-state index contributed by atoms with van der Waals surface area (Å²) in [6.45, 7) is 7.91. The van der Waals surface area contributed by atoms with Crippen LogP contribution in [0.3, 0.4) is 0 Å². The Balaban J connectivity index is 1.39. The highest BCUT2D eigenvalue weighted by Crippen LogP contribution is 2.26. The highest BCUT2D eigenvalue weighted by atomic mass is 16.5. The Hall–Kier alpha value is -2.70. The number of nitrogens with zero attached hydrogens (tertiary/aromatic N) is 4. The number of benzene rings is 1. The predicted molar refractivity (Wildman–Crippen MR) is 123 cm³/mol. The lowest BCUT2D eigenvalue weighted by Gasteiger charge is -2.34. The fourth-order valence-corrected chi connectivity index (χ4v) is 4.25. The maximum atomic E-state index is 13.0. The van der Waals surface area contributed by atoms with Gasteiger partial charge in [0.15, 0.2) is 0 Å². The van der Waals surface area contributed by atoms with Crippen LogP contribution in [0.25, 0.3) is 10.9 Å². The van der Waals surface area contributed by atoms with E-state index in [2.05, 4.69) is 58.8 Å². The number of pyridine rings is 1. The molecule has 1 atom stereocenters. The zero-order valence-corrected chi connectivity index (χ0v) is 18.7. The summed E-state index contributed by atoms with van der Waals surface area (Å²) in [5.41, 5.74) is 3.57. The van der Waals surface area contributed by atoms with E-state index < -0.39 is 6.10 Å². The van der Waals surface area contributed by atoms with Crippen molar-refractivity contribution in [3.8, 4) is 0 Å². The number of aromatic nitrogens is 2. The summed E-state index contributed by atoms with van der Waals surface area (Å²) < 4.78 is 8.19. The molecule has 1 fully saturated rings. The van der Waals surface area contributed by atoms with Gasteiger partial charge in [0.05, 0.1) is 6.61 Å². The van der Waals surface area contributed by atoms with Crippen LogP contribution in [0.1, 0.15) is 31.1 Å². The molecule has 4 rings (SSSR count). The summed E-state index contributed by atoms with van der Waals surface area (Å²) in [5, 5.41) is 1.29. The molecular formula is C25H32N4O2. The minimum absolute atomic E-state index is 0.0465. The monoisotopic (exact) mass is 420 g/mol. The number of morpholine rings is 1. The van der Waals surface area contributed by atoms with E-state index in [0.29, 0.717) is 25.7 Å². The lowest BCUT2D eigenvalue weighted by molar-refractivity contribution is -0.148. The molecule has 0 saturated carbocycles. The third-order valence-electron chi connectivity index (χ3n) is 6.01. The topological polar surface area (TPSA) is 50.6 Å². The van der Waals surface area contributed by atoms with Crippen LogP contribution in [0, 0.1) is 0 Å². The molecule has 1 amide bonds. The molecule has 0 aliphatic carbocycles. The van der Waals surface area contributed by atoms with Crippen LogP contribution < -0.4 is 0 Å². The molecule has 6 heteroatoms. The first-order chi connectivity index (χ1) is 15.0. The minimum Gasteiger partial charge on any atom is -0.366 e. The van der Waals surface area contributed by atoms with E-state index in [1.807, 2.05) is 25.2 Å². The molecule has 3 aromatic rings. The molecule has 0 bridgehead atoms. The van der Waals surface area contributed by atoms with Gasteiger partial charge in [0.2, 0.25) is 0 Å². The fraction of sp³-hybridized carbons (Fsp3) is 0.440. The largest absolute Gasteiger partial charge is 0.366 e. The highest BCUT2D eigenvalue weighted by molar-refractivity contribution is 5.84. The van der Waals surface area contributed by atoms with E-state index in [-0.39, 0.29) is 5.91 Å². The summed E-state index contributed by atoms with van der Waals surface area (Å²) in [6.07, 6.45) is 4.38. The maximum Gasteiger partial charge on any atom is 0.252 e. The van der Waals surface area contributed by atoms with Crippen molar-refractivity contribution in [2.75, 3.05) is 33.3 Å². The molecular weight excluding hydrogens is 388 g/mol. The van der Waals surface area contributed by atoms with Crippen molar-refractivity contribution in [3.63, 3.8) is 0 Å². The van der Waals surface area contributed by atoms with Crippen LogP contribution >= 0.6 is 0 Å². The second kappa shape index (κ2) is 9.62. The molecule has 1 aliphatic heterocycles. The van der Waals surface area contributed by atoms with Gasteiger partial charge in [0.1, 0.15) is 6.10 Å². The molecule has 1 aliphatic rings. The molecule has 0 N–H and O–H groups in total. The van der Waals surface area contributed by atoms with Gasteiger partial charge in [-0.25, -0.2) is 0 Å². The summed E-state index contributed by atoms with van der Waals surface area (Å²) in [5.74, 6) is 0.0465. The Morgan fingerprint density at radius 1 is 1.23 bits per heavy atom. The van der Waals surface area contributed by atoms with E-state index in [4.69, 9.17) is 4.74 Å². The molecule has 2 aromatic heterocycles. The second-order valence-electron chi connectivity index (χ2n) is 8.60. The SMILES string of the molecule is CC(C)n1cc(CN2CCO[C@H](C(=O)N(C)CCc3ccccn3)C2)c2ccccc21. The van der Waals surface area contributed by atoms with Crippen LogP contribution in [0.15, 0.2) is 54.9 Å². The van der Waals surface area contributed by atoms with Crippen molar-refractivity contribution in [1.29, 1.82) is 0 Å². The van der Waals surface area contributed by atoms with Gasteiger partial charge in [0.25, 0.3) is 5.91 Å². The van der Waals surface area contributed by atoms with Gasteiger partial charge < -0.3 is 14.2 Å². The van der Waals surface area contributed by atoms with Crippen molar-refractivity contribution in [1.82, 2.24) is 19.4 Å². The molecule has 3 heterocycles. The number of carbonyl (C=O) groups excluding carboxylic acids is 1. The summed E-state index contributed by atoms with van der Waals surface area (Å²) in [7, 11) is 1.85. The second-order valence-corrected chi connectivity index (χ2v) is 8.60. The summed E-state index contributed by atoms with van der Waals surface area (Å²) in [6, 6.07) is 14.8. The van der Waals surface area contributed by atoms with Crippen molar-refractivity contribution in [2.45, 2.75) is 39.0 Å². The Morgan fingerprint density at radius 2 is 2.03 bits per heavy atom. The molecule has 31 heavy (non-hydrogen) atoms. The predicted octanol–water partition coefficient (Wildman–Crippen LogP) is 3.52.